The van der Waals surface area contributed by atoms with Crippen LogP contribution in [-0.2, 0) is 10.0 Å². The second-order valence-electron chi connectivity index (χ2n) is 8.03. The van der Waals surface area contributed by atoms with Crippen molar-refractivity contribution in [3.63, 3.8) is 0 Å². The van der Waals surface area contributed by atoms with Crippen molar-refractivity contribution in [3.8, 4) is 0 Å². The number of nitrogens with zero attached hydrogens (tertiary/aromatic N) is 3. The van der Waals surface area contributed by atoms with E-state index in [1.165, 1.54) is 12.1 Å². The van der Waals surface area contributed by atoms with Crippen LogP contribution in [0.5, 0.6) is 0 Å². The maximum absolute atomic E-state index is 13.2. The van der Waals surface area contributed by atoms with E-state index in [0.29, 0.717) is 29.0 Å². The average molecular weight is 459 g/mol. The first kappa shape index (κ1) is 21.1. The highest BCUT2D eigenvalue weighted by Gasteiger charge is 2.21. The van der Waals surface area contributed by atoms with Gasteiger partial charge in [0.25, 0.3) is 15.9 Å². The number of amides is 1. The van der Waals surface area contributed by atoms with E-state index < -0.39 is 10.0 Å². The lowest BCUT2D eigenvalue weighted by Gasteiger charge is -2.12. The Morgan fingerprint density at radius 3 is 2.67 bits per heavy atom. The molecule has 1 aliphatic rings. The summed E-state index contributed by atoms with van der Waals surface area (Å²) in [7, 11) is -2.05. The number of hydrogen-bond donors (Lipinski definition) is 1. The number of carbonyl (C=O) groups excluding carboxylic acids is 1. The summed E-state index contributed by atoms with van der Waals surface area (Å²) in [5, 5.41) is 5.65. The number of likely N-dealkylation sites (tertiary alicyclic amines) is 1. The molecule has 1 amide bonds. The summed E-state index contributed by atoms with van der Waals surface area (Å²) in [6, 6.07) is 19.6. The van der Waals surface area contributed by atoms with Crippen molar-refractivity contribution < 1.29 is 13.2 Å². The predicted octanol–water partition coefficient (Wildman–Crippen LogP) is 4.45. The zero-order chi connectivity index (χ0) is 23.0. The molecule has 3 aromatic carbocycles. The van der Waals surface area contributed by atoms with E-state index in [0.717, 1.165) is 29.1 Å². The summed E-state index contributed by atoms with van der Waals surface area (Å²) in [4.78, 5) is 19.5. The van der Waals surface area contributed by atoms with Crippen molar-refractivity contribution >= 4 is 49.1 Å². The van der Waals surface area contributed by atoms with Gasteiger partial charge in [-0.2, -0.15) is 8.42 Å². The summed E-state index contributed by atoms with van der Waals surface area (Å²) < 4.78 is 29.7. The number of pyridine rings is 1. The number of sulfonamides is 1. The van der Waals surface area contributed by atoms with E-state index >= 15 is 0 Å². The van der Waals surface area contributed by atoms with Gasteiger partial charge in [0.1, 0.15) is 5.84 Å². The molecule has 2 heterocycles. The van der Waals surface area contributed by atoms with E-state index in [2.05, 4.69) is 14.7 Å². The number of nitrogens with one attached hydrogen (secondary N) is 1. The van der Waals surface area contributed by atoms with E-state index in [4.69, 9.17) is 0 Å². The number of fused-ring (bicyclic) bond motifs is 3. The fraction of sp³-hybridized carbons (Fsp3) is 0.160. The van der Waals surface area contributed by atoms with Crippen LogP contribution in [0.3, 0.4) is 0 Å². The Morgan fingerprint density at radius 1 is 1.03 bits per heavy atom. The van der Waals surface area contributed by atoms with E-state index in [1.807, 2.05) is 54.4 Å². The molecule has 0 spiro atoms. The van der Waals surface area contributed by atoms with Crippen molar-refractivity contribution in [2.45, 2.75) is 17.7 Å². The Labute approximate surface area is 191 Å². The van der Waals surface area contributed by atoms with Gasteiger partial charge in [-0.3, -0.25) is 9.78 Å². The van der Waals surface area contributed by atoms with Gasteiger partial charge in [0.05, 0.1) is 16.0 Å². The molecule has 0 radical (unpaired) electrons. The van der Waals surface area contributed by atoms with Gasteiger partial charge in [0.2, 0.25) is 0 Å². The Bertz CT molecular complexity index is 1530. The van der Waals surface area contributed by atoms with Crippen LogP contribution >= 0.6 is 0 Å². The SMILES string of the molecule is CN1CCCC1=NS(=O)(=O)c1cccc(NC(=O)c2cc3ccccc3c3cccnc23)c1. The number of anilines is 1. The highest BCUT2D eigenvalue weighted by Crippen LogP contribution is 2.28. The normalized spacial score (nSPS) is 15.4. The third-order valence-electron chi connectivity index (χ3n) is 5.81. The zero-order valence-electron chi connectivity index (χ0n) is 18.0. The van der Waals surface area contributed by atoms with Crippen molar-refractivity contribution in [2.24, 2.45) is 4.40 Å². The molecule has 1 saturated heterocycles. The standard InChI is InChI=1S/C25H22N4O3S/c1-29-14-6-12-23(29)28-33(31,32)19-9-4-8-18(16-19)27-25(30)22-15-17-7-2-3-10-20(17)21-11-5-13-26-24(21)22/h2-5,7-11,13,15-16H,6,12,14H2,1H3,(H,27,30). The number of carbonyl (C=O) groups is 1. The zero-order valence-corrected chi connectivity index (χ0v) is 18.8. The number of aromatic nitrogens is 1. The maximum Gasteiger partial charge on any atom is 0.284 e. The third kappa shape index (κ3) is 4.05. The first-order valence-corrected chi connectivity index (χ1v) is 12.1. The molecule has 33 heavy (non-hydrogen) atoms. The third-order valence-corrected chi connectivity index (χ3v) is 7.11. The van der Waals surface area contributed by atoms with Gasteiger partial charge in [0, 0.05) is 37.3 Å². The van der Waals surface area contributed by atoms with Gasteiger partial charge in [-0.1, -0.05) is 36.4 Å². The summed E-state index contributed by atoms with van der Waals surface area (Å²) in [6.45, 7) is 0.790. The Balaban J connectivity index is 1.49. The van der Waals surface area contributed by atoms with Gasteiger partial charge >= 0.3 is 0 Å². The highest BCUT2D eigenvalue weighted by atomic mass is 32.2. The van der Waals surface area contributed by atoms with Crippen molar-refractivity contribution in [1.29, 1.82) is 0 Å². The quantitative estimate of drug-likeness (QED) is 0.456. The van der Waals surface area contributed by atoms with Crippen molar-refractivity contribution in [3.05, 3.63) is 78.5 Å². The monoisotopic (exact) mass is 458 g/mol. The van der Waals surface area contributed by atoms with Crippen LogP contribution < -0.4 is 5.32 Å². The number of benzene rings is 3. The molecule has 1 aromatic heterocycles. The fourth-order valence-electron chi connectivity index (χ4n) is 4.14. The van der Waals surface area contributed by atoms with Gasteiger partial charge in [-0.15, -0.1) is 4.40 Å². The van der Waals surface area contributed by atoms with Gasteiger partial charge in [0.15, 0.2) is 0 Å². The van der Waals surface area contributed by atoms with Gasteiger partial charge < -0.3 is 10.2 Å². The summed E-state index contributed by atoms with van der Waals surface area (Å²) in [5.41, 5.74) is 1.39. The predicted molar refractivity (Wildman–Crippen MR) is 130 cm³/mol. The van der Waals surface area contributed by atoms with Gasteiger partial charge in [-0.25, -0.2) is 0 Å². The highest BCUT2D eigenvalue weighted by molar-refractivity contribution is 7.90. The Morgan fingerprint density at radius 2 is 1.85 bits per heavy atom. The largest absolute Gasteiger partial charge is 0.362 e. The number of rotatable bonds is 4. The van der Waals surface area contributed by atoms with E-state index in [1.54, 1.807) is 18.3 Å². The lowest BCUT2D eigenvalue weighted by Crippen LogP contribution is -2.20. The molecule has 0 saturated carbocycles. The minimum absolute atomic E-state index is 0.0367. The van der Waals surface area contributed by atoms with Gasteiger partial charge in [-0.05, 0) is 47.5 Å². The molecule has 0 atom stereocenters. The molecular weight excluding hydrogens is 436 g/mol. The molecule has 8 heteroatoms. The Kier molecular flexibility index (Phi) is 5.30. The molecule has 7 nitrogen and oxygen atoms in total. The van der Waals surface area contributed by atoms with Crippen LogP contribution in [0.1, 0.15) is 23.2 Å². The van der Waals surface area contributed by atoms with Crippen molar-refractivity contribution in [2.75, 3.05) is 18.9 Å². The molecule has 1 aliphatic heterocycles. The van der Waals surface area contributed by atoms with Crippen LogP contribution in [0.2, 0.25) is 0 Å². The lowest BCUT2D eigenvalue weighted by molar-refractivity contribution is 0.102. The number of hydrogen-bond acceptors (Lipinski definition) is 4. The molecule has 166 valence electrons. The molecule has 0 aliphatic carbocycles. The van der Waals surface area contributed by atoms with Crippen LogP contribution in [-0.4, -0.2) is 43.6 Å². The molecular formula is C25H22N4O3S. The summed E-state index contributed by atoms with van der Waals surface area (Å²) in [5.74, 6) is 0.194. The minimum Gasteiger partial charge on any atom is -0.362 e. The Hall–Kier alpha value is -3.78. The molecule has 1 N–H and O–H groups in total. The molecule has 5 rings (SSSR count). The van der Waals surface area contributed by atoms with Crippen LogP contribution in [0.25, 0.3) is 21.7 Å². The first-order chi connectivity index (χ1) is 15.9. The number of amidine groups is 1. The van der Waals surface area contributed by atoms with Crippen LogP contribution in [0.15, 0.2) is 82.2 Å². The molecule has 1 fully saturated rings. The molecule has 4 aromatic rings. The fourth-order valence-corrected chi connectivity index (χ4v) is 5.28. The van der Waals surface area contributed by atoms with E-state index in [9.17, 15) is 13.2 Å². The molecule has 0 unspecified atom stereocenters. The van der Waals surface area contributed by atoms with E-state index in [-0.39, 0.29) is 10.8 Å². The van der Waals surface area contributed by atoms with Crippen LogP contribution in [0.4, 0.5) is 5.69 Å². The first-order valence-electron chi connectivity index (χ1n) is 10.7. The van der Waals surface area contributed by atoms with Crippen LogP contribution in [0, 0.1) is 0 Å². The molecule has 0 bridgehead atoms. The lowest BCUT2D eigenvalue weighted by atomic mass is 10.0. The summed E-state index contributed by atoms with van der Waals surface area (Å²) in [6.07, 6.45) is 3.17. The second kappa shape index (κ2) is 8.29. The minimum atomic E-state index is -3.88. The smallest absolute Gasteiger partial charge is 0.284 e. The average Bonchev–Trinajstić information content (AvgIpc) is 3.22. The topological polar surface area (TPSA) is 91.7 Å². The second-order valence-corrected chi connectivity index (χ2v) is 9.64. The van der Waals surface area contributed by atoms with Crippen molar-refractivity contribution in [1.82, 2.24) is 9.88 Å². The maximum atomic E-state index is 13.2. The summed E-state index contributed by atoms with van der Waals surface area (Å²) >= 11 is 0.